The van der Waals surface area contributed by atoms with Gasteiger partial charge in [0.2, 0.25) is 0 Å². The number of halogens is 2. The second kappa shape index (κ2) is 6.58. The summed E-state index contributed by atoms with van der Waals surface area (Å²) in [5, 5.41) is 3.55. The fourth-order valence-corrected chi connectivity index (χ4v) is 4.06. The standard InChI is InChI=1S/C13H20Cl2N2S/c1-9(17-5-3-4-6-17)8-16-10(2)11-7-12(14)18-13(11)15/h7,9-10,16H,3-6,8H2,1-2H3. The Balaban J connectivity index is 1.84. The van der Waals surface area contributed by atoms with Crippen LogP contribution in [0, 0.1) is 0 Å². The van der Waals surface area contributed by atoms with E-state index in [1.807, 2.05) is 6.07 Å². The van der Waals surface area contributed by atoms with Crippen LogP contribution >= 0.6 is 34.5 Å². The van der Waals surface area contributed by atoms with E-state index in [4.69, 9.17) is 23.2 Å². The van der Waals surface area contributed by atoms with Gasteiger partial charge < -0.3 is 5.32 Å². The Morgan fingerprint density at radius 3 is 2.56 bits per heavy atom. The SMILES string of the molecule is CC(NCC(C)N1CCCC1)c1cc(Cl)sc1Cl. The molecule has 18 heavy (non-hydrogen) atoms. The lowest BCUT2D eigenvalue weighted by molar-refractivity contribution is 0.247. The van der Waals surface area contributed by atoms with Crippen molar-refractivity contribution in [3.63, 3.8) is 0 Å². The third-order valence-corrected chi connectivity index (χ3v) is 5.15. The molecule has 2 heterocycles. The van der Waals surface area contributed by atoms with Crippen molar-refractivity contribution in [2.75, 3.05) is 19.6 Å². The number of rotatable bonds is 5. The molecule has 1 N–H and O–H groups in total. The molecule has 1 aliphatic rings. The van der Waals surface area contributed by atoms with Crippen LogP contribution in [0.1, 0.15) is 38.3 Å². The van der Waals surface area contributed by atoms with Crippen LogP contribution in [0.3, 0.4) is 0 Å². The molecule has 0 spiro atoms. The molecule has 2 rings (SSSR count). The number of hydrogen-bond acceptors (Lipinski definition) is 3. The van der Waals surface area contributed by atoms with Gasteiger partial charge in [0, 0.05) is 18.6 Å². The van der Waals surface area contributed by atoms with Crippen LogP contribution in [-0.4, -0.2) is 30.6 Å². The van der Waals surface area contributed by atoms with Gasteiger partial charge in [0.05, 0.1) is 8.67 Å². The molecule has 0 aromatic carbocycles. The molecule has 5 heteroatoms. The molecule has 0 aliphatic carbocycles. The van der Waals surface area contributed by atoms with Gasteiger partial charge in [0.25, 0.3) is 0 Å². The number of nitrogens with zero attached hydrogens (tertiary/aromatic N) is 1. The minimum absolute atomic E-state index is 0.256. The van der Waals surface area contributed by atoms with Gasteiger partial charge in [0.1, 0.15) is 0 Å². The highest BCUT2D eigenvalue weighted by atomic mass is 35.5. The van der Waals surface area contributed by atoms with Crippen LogP contribution in [0.4, 0.5) is 0 Å². The summed E-state index contributed by atoms with van der Waals surface area (Å²) in [5.74, 6) is 0. The summed E-state index contributed by atoms with van der Waals surface area (Å²) in [6.45, 7) is 7.89. The molecule has 1 aromatic heterocycles. The molecule has 1 fully saturated rings. The molecular formula is C13H20Cl2N2S. The summed E-state index contributed by atoms with van der Waals surface area (Å²) in [5.41, 5.74) is 1.11. The number of nitrogens with one attached hydrogen (secondary N) is 1. The second-order valence-electron chi connectivity index (χ2n) is 5.00. The minimum Gasteiger partial charge on any atom is -0.309 e. The summed E-state index contributed by atoms with van der Waals surface area (Å²) < 4.78 is 1.56. The van der Waals surface area contributed by atoms with Gasteiger partial charge in [-0.05, 0) is 51.4 Å². The van der Waals surface area contributed by atoms with Gasteiger partial charge in [-0.15, -0.1) is 11.3 Å². The Bertz CT molecular complexity index is 388. The van der Waals surface area contributed by atoms with Crippen molar-refractivity contribution in [1.29, 1.82) is 0 Å². The molecule has 0 amide bonds. The van der Waals surface area contributed by atoms with Crippen molar-refractivity contribution < 1.29 is 0 Å². The smallest absolute Gasteiger partial charge is 0.0991 e. The Kier molecular flexibility index (Phi) is 5.34. The van der Waals surface area contributed by atoms with E-state index in [-0.39, 0.29) is 6.04 Å². The van der Waals surface area contributed by atoms with Crippen molar-refractivity contribution in [3.8, 4) is 0 Å². The minimum atomic E-state index is 0.256. The lowest BCUT2D eigenvalue weighted by Gasteiger charge is -2.25. The normalized spacial score (nSPS) is 20.2. The molecule has 0 saturated carbocycles. The van der Waals surface area contributed by atoms with Crippen molar-refractivity contribution in [3.05, 3.63) is 20.3 Å². The molecule has 1 aliphatic heterocycles. The molecular weight excluding hydrogens is 287 g/mol. The zero-order chi connectivity index (χ0) is 13.1. The van der Waals surface area contributed by atoms with Gasteiger partial charge in [-0.1, -0.05) is 23.2 Å². The maximum atomic E-state index is 6.17. The summed E-state index contributed by atoms with van der Waals surface area (Å²) in [4.78, 5) is 2.54. The summed E-state index contributed by atoms with van der Waals surface area (Å²) >= 11 is 13.6. The van der Waals surface area contributed by atoms with Crippen LogP contribution in [0.25, 0.3) is 0 Å². The molecule has 1 saturated heterocycles. The summed E-state index contributed by atoms with van der Waals surface area (Å²) in [6, 6.07) is 2.81. The van der Waals surface area contributed by atoms with Crippen LogP contribution in [0.5, 0.6) is 0 Å². The molecule has 2 unspecified atom stereocenters. The van der Waals surface area contributed by atoms with Gasteiger partial charge in [0.15, 0.2) is 0 Å². The van der Waals surface area contributed by atoms with Crippen LogP contribution in [-0.2, 0) is 0 Å². The van der Waals surface area contributed by atoms with Gasteiger partial charge >= 0.3 is 0 Å². The zero-order valence-corrected chi connectivity index (χ0v) is 13.2. The van der Waals surface area contributed by atoms with Crippen molar-refractivity contribution in [1.82, 2.24) is 10.2 Å². The van der Waals surface area contributed by atoms with E-state index in [0.717, 1.165) is 20.8 Å². The Morgan fingerprint density at radius 1 is 1.33 bits per heavy atom. The maximum absolute atomic E-state index is 6.17. The van der Waals surface area contributed by atoms with E-state index in [0.29, 0.717) is 6.04 Å². The topological polar surface area (TPSA) is 15.3 Å². The van der Waals surface area contributed by atoms with E-state index in [9.17, 15) is 0 Å². The molecule has 102 valence electrons. The van der Waals surface area contributed by atoms with Gasteiger partial charge in [-0.3, -0.25) is 4.90 Å². The van der Waals surface area contributed by atoms with E-state index >= 15 is 0 Å². The van der Waals surface area contributed by atoms with Crippen molar-refractivity contribution in [2.24, 2.45) is 0 Å². The average molecular weight is 307 g/mol. The molecule has 0 bridgehead atoms. The largest absolute Gasteiger partial charge is 0.309 e. The second-order valence-corrected chi connectivity index (χ2v) is 7.29. The maximum Gasteiger partial charge on any atom is 0.0991 e. The Morgan fingerprint density at radius 2 is 2.00 bits per heavy atom. The summed E-state index contributed by atoms with van der Waals surface area (Å²) in [7, 11) is 0. The van der Waals surface area contributed by atoms with Crippen LogP contribution in [0.15, 0.2) is 6.07 Å². The van der Waals surface area contributed by atoms with Crippen LogP contribution in [0.2, 0.25) is 8.67 Å². The number of hydrogen-bond donors (Lipinski definition) is 1. The van der Waals surface area contributed by atoms with Crippen molar-refractivity contribution in [2.45, 2.75) is 38.8 Å². The fourth-order valence-electron chi connectivity index (χ4n) is 2.42. The van der Waals surface area contributed by atoms with E-state index in [1.54, 1.807) is 0 Å². The molecule has 2 nitrogen and oxygen atoms in total. The first-order valence-corrected chi connectivity index (χ1v) is 8.07. The first kappa shape index (κ1) is 14.6. The number of likely N-dealkylation sites (tertiary alicyclic amines) is 1. The highest BCUT2D eigenvalue weighted by molar-refractivity contribution is 7.20. The quantitative estimate of drug-likeness (QED) is 0.877. The zero-order valence-electron chi connectivity index (χ0n) is 10.9. The first-order valence-electron chi connectivity index (χ1n) is 6.50. The predicted molar refractivity (Wildman–Crippen MR) is 81.0 cm³/mol. The molecule has 2 atom stereocenters. The number of thiophene rings is 1. The van der Waals surface area contributed by atoms with Crippen molar-refractivity contribution >= 4 is 34.5 Å². The van der Waals surface area contributed by atoms with E-state index in [1.165, 1.54) is 37.3 Å². The van der Waals surface area contributed by atoms with Gasteiger partial charge in [-0.25, -0.2) is 0 Å². The predicted octanol–water partition coefficient (Wildman–Crippen LogP) is 4.19. The first-order chi connectivity index (χ1) is 8.58. The lowest BCUT2D eigenvalue weighted by Crippen LogP contribution is -2.39. The molecule has 0 radical (unpaired) electrons. The van der Waals surface area contributed by atoms with Gasteiger partial charge in [-0.2, -0.15) is 0 Å². The highest BCUT2D eigenvalue weighted by Crippen LogP contribution is 2.34. The van der Waals surface area contributed by atoms with E-state index < -0.39 is 0 Å². The van der Waals surface area contributed by atoms with Crippen LogP contribution < -0.4 is 5.32 Å². The molecule has 1 aromatic rings. The van der Waals surface area contributed by atoms with E-state index in [2.05, 4.69) is 24.1 Å². The highest BCUT2D eigenvalue weighted by Gasteiger charge is 2.19. The Labute approximate surface area is 123 Å². The third-order valence-electron chi connectivity index (χ3n) is 3.63. The fraction of sp³-hybridized carbons (Fsp3) is 0.692. The summed E-state index contributed by atoms with van der Waals surface area (Å²) in [6.07, 6.45) is 2.68. The lowest BCUT2D eigenvalue weighted by atomic mass is 10.1. The monoisotopic (exact) mass is 306 g/mol. The average Bonchev–Trinajstić information content (AvgIpc) is 2.95. The third kappa shape index (κ3) is 3.61. The Hall–Kier alpha value is 0.200.